The Hall–Kier alpha value is -2.64. The Morgan fingerprint density at radius 1 is 1.29 bits per heavy atom. The van der Waals surface area contributed by atoms with E-state index in [0.29, 0.717) is 19.5 Å². The minimum atomic E-state index is -0.479. The molecule has 2 rings (SSSR count). The van der Waals surface area contributed by atoms with Crippen molar-refractivity contribution in [2.75, 3.05) is 23.7 Å². The summed E-state index contributed by atoms with van der Waals surface area (Å²) in [6, 6.07) is 3.65. The van der Waals surface area contributed by atoms with Crippen LogP contribution in [0.15, 0.2) is 29.1 Å². The van der Waals surface area contributed by atoms with Crippen LogP contribution in [-0.4, -0.2) is 28.0 Å². The molecule has 2 heterocycles. The van der Waals surface area contributed by atoms with E-state index in [0.717, 1.165) is 12.2 Å². The standard InChI is InChI=1S/C13H17N5O3/c1-2-6-14-12-11(18(19)20)13(17-9-16-12)15-7-5-10-4-3-8-21-10/h3-4,8-9H,2,5-7H2,1H3,(H2,14,15,16,17). The van der Waals surface area contributed by atoms with E-state index in [2.05, 4.69) is 20.6 Å². The summed E-state index contributed by atoms with van der Waals surface area (Å²) in [4.78, 5) is 18.6. The molecule has 0 atom stereocenters. The van der Waals surface area contributed by atoms with Gasteiger partial charge in [-0.3, -0.25) is 10.1 Å². The average molecular weight is 291 g/mol. The fourth-order valence-corrected chi connectivity index (χ4v) is 1.81. The minimum Gasteiger partial charge on any atom is -0.469 e. The summed E-state index contributed by atoms with van der Waals surface area (Å²) < 4.78 is 5.21. The highest BCUT2D eigenvalue weighted by Gasteiger charge is 2.22. The Labute approximate surface area is 121 Å². The summed E-state index contributed by atoms with van der Waals surface area (Å²) in [6.45, 7) is 3.07. The molecule has 0 saturated carbocycles. The lowest BCUT2D eigenvalue weighted by Crippen LogP contribution is -2.12. The van der Waals surface area contributed by atoms with Crippen molar-refractivity contribution in [1.82, 2.24) is 9.97 Å². The summed E-state index contributed by atoms with van der Waals surface area (Å²) in [5, 5.41) is 17.1. The normalized spacial score (nSPS) is 10.3. The van der Waals surface area contributed by atoms with Crippen LogP contribution in [0.3, 0.4) is 0 Å². The third-order valence-corrected chi connectivity index (χ3v) is 2.79. The van der Waals surface area contributed by atoms with Crippen molar-refractivity contribution in [2.45, 2.75) is 19.8 Å². The molecule has 0 unspecified atom stereocenters. The van der Waals surface area contributed by atoms with Gasteiger partial charge in [0, 0.05) is 19.5 Å². The van der Waals surface area contributed by atoms with Gasteiger partial charge in [0.15, 0.2) is 0 Å². The molecule has 8 heteroatoms. The third-order valence-electron chi connectivity index (χ3n) is 2.79. The molecule has 8 nitrogen and oxygen atoms in total. The van der Waals surface area contributed by atoms with Crippen molar-refractivity contribution in [3.8, 4) is 0 Å². The molecule has 0 amide bonds. The maximum atomic E-state index is 11.2. The Kier molecular flexibility index (Phi) is 5.08. The topological polar surface area (TPSA) is 106 Å². The molecular weight excluding hydrogens is 274 g/mol. The lowest BCUT2D eigenvalue weighted by molar-refractivity contribution is -0.383. The minimum absolute atomic E-state index is 0.134. The van der Waals surface area contributed by atoms with Crippen molar-refractivity contribution in [3.05, 3.63) is 40.6 Å². The summed E-state index contributed by atoms with van der Waals surface area (Å²) in [7, 11) is 0. The molecule has 0 aliphatic carbocycles. The van der Waals surface area contributed by atoms with Crippen molar-refractivity contribution < 1.29 is 9.34 Å². The molecule has 2 aromatic rings. The van der Waals surface area contributed by atoms with Gasteiger partial charge < -0.3 is 15.1 Å². The van der Waals surface area contributed by atoms with Crippen LogP contribution in [0.4, 0.5) is 17.3 Å². The van der Waals surface area contributed by atoms with Crippen LogP contribution in [0.2, 0.25) is 0 Å². The van der Waals surface area contributed by atoms with E-state index in [-0.39, 0.29) is 17.3 Å². The first-order valence-electron chi connectivity index (χ1n) is 6.72. The quantitative estimate of drug-likeness (QED) is 0.568. The third kappa shape index (κ3) is 3.91. The van der Waals surface area contributed by atoms with Gasteiger partial charge in [-0.05, 0) is 18.6 Å². The second kappa shape index (κ2) is 7.22. The van der Waals surface area contributed by atoms with Crippen LogP contribution in [-0.2, 0) is 6.42 Å². The Morgan fingerprint density at radius 2 is 2.00 bits per heavy atom. The van der Waals surface area contributed by atoms with Crippen LogP contribution >= 0.6 is 0 Å². The second-order valence-corrected chi connectivity index (χ2v) is 4.36. The van der Waals surface area contributed by atoms with Gasteiger partial charge in [0.05, 0.1) is 11.2 Å². The van der Waals surface area contributed by atoms with Gasteiger partial charge >= 0.3 is 5.69 Å². The number of nitrogens with zero attached hydrogens (tertiary/aromatic N) is 3. The molecule has 0 saturated heterocycles. The van der Waals surface area contributed by atoms with Gasteiger partial charge in [-0.15, -0.1) is 0 Å². The summed E-state index contributed by atoms with van der Waals surface area (Å²) in [6.07, 6.45) is 4.36. The monoisotopic (exact) mass is 291 g/mol. The van der Waals surface area contributed by atoms with E-state index in [1.54, 1.807) is 12.3 Å². The predicted molar refractivity (Wildman–Crippen MR) is 78.4 cm³/mol. The highest BCUT2D eigenvalue weighted by Crippen LogP contribution is 2.28. The smallest absolute Gasteiger partial charge is 0.353 e. The zero-order valence-corrected chi connectivity index (χ0v) is 11.7. The Balaban J connectivity index is 2.08. The Bertz CT molecular complexity index is 585. The maximum Gasteiger partial charge on any atom is 0.353 e. The number of hydrogen-bond acceptors (Lipinski definition) is 7. The number of nitro groups is 1. The fourth-order valence-electron chi connectivity index (χ4n) is 1.81. The first-order valence-corrected chi connectivity index (χ1v) is 6.72. The molecule has 2 N–H and O–H groups in total. The van der Waals surface area contributed by atoms with Crippen molar-refractivity contribution in [3.63, 3.8) is 0 Å². The molecule has 0 aliphatic rings. The maximum absolute atomic E-state index is 11.2. The van der Waals surface area contributed by atoms with Crippen LogP contribution in [0.25, 0.3) is 0 Å². The first-order chi connectivity index (χ1) is 10.2. The summed E-state index contributed by atoms with van der Waals surface area (Å²) >= 11 is 0. The highest BCUT2D eigenvalue weighted by molar-refractivity contribution is 5.69. The van der Waals surface area contributed by atoms with Gasteiger partial charge in [-0.2, -0.15) is 0 Å². The first kappa shape index (κ1) is 14.8. The van der Waals surface area contributed by atoms with E-state index in [1.165, 1.54) is 6.33 Å². The van der Waals surface area contributed by atoms with E-state index in [4.69, 9.17) is 4.42 Å². The fraction of sp³-hybridized carbons (Fsp3) is 0.385. The lowest BCUT2D eigenvalue weighted by atomic mass is 10.3. The highest BCUT2D eigenvalue weighted by atomic mass is 16.6. The second-order valence-electron chi connectivity index (χ2n) is 4.36. The summed E-state index contributed by atoms with van der Waals surface area (Å²) in [5.41, 5.74) is -0.134. The van der Waals surface area contributed by atoms with E-state index < -0.39 is 4.92 Å². The molecule has 0 aliphatic heterocycles. The number of furan rings is 1. The van der Waals surface area contributed by atoms with Crippen molar-refractivity contribution in [2.24, 2.45) is 0 Å². The van der Waals surface area contributed by atoms with Crippen LogP contribution in [0, 0.1) is 10.1 Å². The SMILES string of the molecule is CCCNc1ncnc(NCCc2ccco2)c1[N+](=O)[O-]. The van der Waals surface area contributed by atoms with E-state index >= 15 is 0 Å². The number of anilines is 2. The molecule has 0 aromatic carbocycles. The molecule has 112 valence electrons. The summed E-state index contributed by atoms with van der Waals surface area (Å²) in [5.74, 6) is 1.25. The van der Waals surface area contributed by atoms with Crippen molar-refractivity contribution in [1.29, 1.82) is 0 Å². The van der Waals surface area contributed by atoms with Gasteiger partial charge in [-0.1, -0.05) is 6.92 Å². The van der Waals surface area contributed by atoms with E-state index in [1.807, 2.05) is 13.0 Å². The van der Waals surface area contributed by atoms with Crippen molar-refractivity contribution >= 4 is 17.3 Å². The zero-order valence-electron chi connectivity index (χ0n) is 11.7. The van der Waals surface area contributed by atoms with Gasteiger partial charge in [0.1, 0.15) is 12.1 Å². The molecule has 0 radical (unpaired) electrons. The average Bonchev–Trinajstić information content (AvgIpc) is 2.98. The van der Waals surface area contributed by atoms with Gasteiger partial charge in [-0.25, -0.2) is 9.97 Å². The number of hydrogen-bond donors (Lipinski definition) is 2. The zero-order chi connectivity index (χ0) is 15.1. The van der Waals surface area contributed by atoms with Gasteiger partial charge in [0.2, 0.25) is 11.6 Å². The molecule has 2 aromatic heterocycles. The van der Waals surface area contributed by atoms with Gasteiger partial charge in [0.25, 0.3) is 0 Å². The predicted octanol–water partition coefficient (Wildman–Crippen LogP) is 2.45. The lowest BCUT2D eigenvalue weighted by Gasteiger charge is -2.09. The number of aromatic nitrogens is 2. The molecule has 21 heavy (non-hydrogen) atoms. The number of rotatable bonds is 8. The molecule has 0 fully saturated rings. The molecule has 0 bridgehead atoms. The molecular formula is C13H17N5O3. The number of nitrogens with one attached hydrogen (secondary N) is 2. The van der Waals surface area contributed by atoms with E-state index in [9.17, 15) is 10.1 Å². The largest absolute Gasteiger partial charge is 0.469 e. The van der Waals surface area contributed by atoms with Crippen LogP contribution < -0.4 is 10.6 Å². The Morgan fingerprint density at radius 3 is 2.57 bits per heavy atom. The van der Waals surface area contributed by atoms with Crippen LogP contribution in [0.5, 0.6) is 0 Å². The molecule has 0 spiro atoms. The van der Waals surface area contributed by atoms with Crippen LogP contribution in [0.1, 0.15) is 19.1 Å².